The van der Waals surface area contributed by atoms with Crippen molar-refractivity contribution < 1.29 is 4.39 Å². The summed E-state index contributed by atoms with van der Waals surface area (Å²) in [6.07, 6.45) is 2.93. The van der Waals surface area contributed by atoms with Gasteiger partial charge in [-0.1, -0.05) is 0 Å². The van der Waals surface area contributed by atoms with E-state index in [9.17, 15) is 4.39 Å². The SMILES string of the molecule is Cc1ncc(F)c2[nH]cc(Br)c12. The van der Waals surface area contributed by atoms with Gasteiger partial charge in [-0.3, -0.25) is 4.98 Å². The number of rotatable bonds is 0. The highest BCUT2D eigenvalue weighted by Gasteiger charge is 2.08. The zero-order chi connectivity index (χ0) is 8.72. The summed E-state index contributed by atoms with van der Waals surface area (Å²) in [4.78, 5) is 6.75. The van der Waals surface area contributed by atoms with Crippen LogP contribution in [0.25, 0.3) is 10.9 Å². The molecule has 0 saturated heterocycles. The lowest BCUT2D eigenvalue weighted by Crippen LogP contribution is -1.85. The maximum atomic E-state index is 13.1. The minimum absolute atomic E-state index is 0.318. The van der Waals surface area contributed by atoms with Gasteiger partial charge in [0.05, 0.1) is 11.7 Å². The van der Waals surface area contributed by atoms with E-state index in [1.165, 1.54) is 6.20 Å². The van der Waals surface area contributed by atoms with Crippen molar-refractivity contribution >= 4 is 26.8 Å². The Hall–Kier alpha value is -0.900. The summed E-state index contributed by atoms with van der Waals surface area (Å²) in [6, 6.07) is 0. The first-order valence-electron chi connectivity index (χ1n) is 3.48. The fraction of sp³-hybridized carbons (Fsp3) is 0.125. The van der Waals surface area contributed by atoms with Gasteiger partial charge in [0.25, 0.3) is 0 Å². The Morgan fingerprint density at radius 1 is 1.58 bits per heavy atom. The van der Waals surface area contributed by atoms with Gasteiger partial charge in [0.2, 0.25) is 0 Å². The van der Waals surface area contributed by atoms with Crippen molar-refractivity contribution in [2.24, 2.45) is 0 Å². The molecule has 0 amide bonds. The molecule has 1 N–H and O–H groups in total. The fourth-order valence-corrected chi connectivity index (χ4v) is 1.82. The van der Waals surface area contributed by atoms with Gasteiger partial charge in [0.1, 0.15) is 0 Å². The number of hydrogen-bond donors (Lipinski definition) is 1. The van der Waals surface area contributed by atoms with Gasteiger partial charge in [0.15, 0.2) is 5.82 Å². The zero-order valence-electron chi connectivity index (χ0n) is 6.36. The maximum absolute atomic E-state index is 13.1. The molecule has 2 aromatic heterocycles. The number of aromatic amines is 1. The van der Waals surface area contributed by atoms with Crippen LogP contribution < -0.4 is 0 Å². The fourth-order valence-electron chi connectivity index (χ4n) is 1.22. The third-order valence-electron chi connectivity index (χ3n) is 1.80. The molecule has 62 valence electrons. The molecule has 0 saturated carbocycles. The summed E-state index contributed by atoms with van der Waals surface area (Å²) < 4.78 is 13.9. The highest BCUT2D eigenvalue weighted by atomic mass is 79.9. The van der Waals surface area contributed by atoms with Gasteiger partial charge in [-0.2, -0.15) is 0 Å². The van der Waals surface area contributed by atoms with Crippen LogP contribution in [-0.2, 0) is 0 Å². The summed E-state index contributed by atoms with van der Waals surface area (Å²) in [6.45, 7) is 1.85. The van der Waals surface area contributed by atoms with E-state index in [1.807, 2.05) is 6.92 Å². The predicted molar refractivity (Wildman–Crippen MR) is 48.5 cm³/mol. The largest absolute Gasteiger partial charge is 0.358 e. The number of pyridine rings is 1. The normalized spacial score (nSPS) is 10.9. The molecule has 4 heteroatoms. The third kappa shape index (κ3) is 0.948. The second-order valence-electron chi connectivity index (χ2n) is 2.58. The van der Waals surface area contributed by atoms with Gasteiger partial charge < -0.3 is 4.98 Å². The molecule has 2 aromatic rings. The van der Waals surface area contributed by atoms with Crippen molar-refractivity contribution in [3.05, 3.63) is 28.4 Å². The minimum Gasteiger partial charge on any atom is -0.358 e. The molecule has 0 radical (unpaired) electrons. The molecule has 0 aromatic carbocycles. The molecule has 0 fully saturated rings. The van der Waals surface area contributed by atoms with E-state index >= 15 is 0 Å². The molecule has 2 heterocycles. The first kappa shape index (κ1) is 7.73. The van der Waals surface area contributed by atoms with Gasteiger partial charge in [-0.05, 0) is 22.9 Å². The van der Waals surface area contributed by atoms with E-state index in [1.54, 1.807) is 6.20 Å². The van der Waals surface area contributed by atoms with Crippen LogP contribution in [0.1, 0.15) is 5.69 Å². The zero-order valence-corrected chi connectivity index (χ0v) is 7.94. The van der Waals surface area contributed by atoms with Gasteiger partial charge >= 0.3 is 0 Å². The van der Waals surface area contributed by atoms with Crippen LogP contribution in [0.3, 0.4) is 0 Å². The highest BCUT2D eigenvalue weighted by Crippen LogP contribution is 2.26. The Bertz CT molecular complexity index is 436. The smallest absolute Gasteiger partial charge is 0.165 e. The number of aryl methyl sites for hydroxylation is 1. The molecule has 2 nitrogen and oxygen atoms in total. The van der Waals surface area contributed by atoms with Gasteiger partial charge in [0, 0.05) is 21.7 Å². The van der Waals surface area contributed by atoms with Crippen LogP contribution in [0.15, 0.2) is 16.9 Å². The lowest BCUT2D eigenvalue weighted by Gasteiger charge is -1.96. The first-order chi connectivity index (χ1) is 5.70. The second kappa shape index (κ2) is 2.55. The minimum atomic E-state index is -0.318. The van der Waals surface area contributed by atoms with E-state index in [4.69, 9.17) is 0 Å². The van der Waals surface area contributed by atoms with Crippen molar-refractivity contribution in [1.82, 2.24) is 9.97 Å². The molecular formula is C8H6BrFN2. The average molecular weight is 229 g/mol. The van der Waals surface area contributed by atoms with E-state index < -0.39 is 0 Å². The number of fused-ring (bicyclic) bond motifs is 1. The summed E-state index contributed by atoms with van der Waals surface area (Å²) in [7, 11) is 0. The van der Waals surface area contributed by atoms with Crippen LogP contribution in [0, 0.1) is 12.7 Å². The maximum Gasteiger partial charge on any atom is 0.165 e. The standard InChI is InChI=1S/C8H6BrFN2/c1-4-7-5(9)2-12-8(7)6(10)3-11-4/h2-3,12H,1H3. The first-order valence-corrected chi connectivity index (χ1v) is 4.27. The molecule has 0 atom stereocenters. The number of aromatic nitrogens is 2. The number of H-pyrrole nitrogens is 1. The van der Waals surface area contributed by atoms with E-state index in [0.717, 1.165) is 15.6 Å². The Morgan fingerprint density at radius 3 is 3.00 bits per heavy atom. The Kier molecular flexibility index (Phi) is 1.65. The molecule has 12 heavy (non-hydrogen) atoms. The molecule has 2 rings (SSSR count). The van der Waals surface area contributed by atoms with Crippen LogP contribution in [-0.4, -0.2) is 9.97 Å². The molecule has 0 spiro atoms. The van der Waals surface area contributed by atoms with E-state index in [0.29, 0.717) is 5.52 Å². The molecule has 0 bridgehead atoms. The van der Waals surface area contributed by atoms with E-state index in [-0.39, 0.29) is 5.82 Å². The number of hydrogen-bond acceptors (Lipinski definition) is 1. The van der Waals surface area contributed by atoms with Crippen molar-refractivity contribution in [2.45, 2.75) is 6.92 Å². The van der Waals surface area contributed by atoms with Crippen molar-refractivity contribution in [2.75, 3.05) is 0 Å². The van der Waals surface area contributed by atoms with Crippen LogP contribution >= 0.6 is 15.9 Å². The van der Waals surface area contributed by atoms with Crippen molar-refractivity contribution in [3.8, 4) is 0 Å². The molecular weight excluding hydrogens is 223 g/mol. The molecule has 0 unspecified atom stereocenters. The summed E-state index contributed by atoms with van der Waals surface area (Å²) in [5.41, 5.74) is 1.33. The monoisotopic (exact) mass is 228 g/mol. The summed E-state index contributed by atoms with van der Waals surface area (Å²) >= 11 is 3.31. The summed E-state index contributed by atoms with van der Waals surface area (Å²) in [5, 5.41) is 0.815. The average Bonchev–Trinajstić information content (AvgIpc) is 2.42. The lowest BCUT2D eigenvalue weighted by molar-refractivity contribution is 0.630. The Labute approximate surface area is 76.9 Å². The Morgan fingerprint density at radius 2 is 2.33 bits per heavy atom. The topological polar surface area (TPSA) is 28.7 Å². The van der Waals surface area contributed by atoms with Crippen molar-refractivity contribution in [1.29, 1.82) is 0 Å². The number of halogens is 2. The number of nitrogens with zero attached hydrogens (tertiary/aromatic N) is 1. The molecule has 0 aliphatic heterocycles. The number of nitrogens with one attached hydrogen (secondary N) is 1. The predicted octanol–water partition coefficient (Wildman–Crippen LogP) is 2.77. The van der Waals surface area contributed by atoms with Gasteiger partial charge in [-0.15, -0.1) is 0 Å². The van der Waals surface area contributed by atoms with Crippen LogP contribution in [0.4, 0.5) is 4.39 Å². The van der Waals surface area contributed by atoms with Crippen LogP contribution in [0.5, 0.6) is 0 Å². The third-order valence-corrected chi connectivity index (χ3v) is 2.43. The molecule has 0 aliphatic carbocycles. The summed E-state index contributed by atoms with van der Waals surface area (Å²) in [5.74, 6) is -0.318. The highest BCUT2D eigenvalue weighted by molar-refractivity contribution is 9.10. The molecule has 0 aliphatic rings. The Balaban J connectivity index is 2.98. The van der Waals surface area contributed by atoms with Gasteiger partial charge in [-0.25, -0.2) is 4.39 Å². The second-order valence-corrected chi connectivity index (χ2v) is 3.43. The van der Waals surface area contributed by atoms with E-state index in [2.05, 4.69) is 25.9 Å². The van der Waals surface area contributed by atoms with Crippen molar-refractivity contribution in [3.63, 3.8) is 0 Å². The quantitative estimate of drug-likeness (QED) is 0.739. The lowest BCUT2D eigenvalue weighted by atomic mass is 10.2. The van der Waals surface area contributed by atoms with Crippen LogP contribution in [0.2, 0.25) is 0 Å².